The number of carbonyl (C=O) groups is 3. The quantitative estimate of drug-likeness (QED) is 0.731. The summed E-state index contributed by atoms with van der Waals surface area (Å²) in [7, 11) is 0. The van der Waals surface area contributed by atoms with E-state index in [-0.39, 0.29) is 6.54 Å². The first-order valence-electron chi connectivity index (χ1n) is 8.00. The summed E-state index contributed by atoms with van der Waals surface area (Å²) in [5.41, 5.74) is 0.458. The molecule has 0 unspecified atom stereocenters. The van der Waals surface area contributed by atoms with E-state index in [1.165, 1.54) is 0 Å². The number of hydrogen-bond donors (Lipinski definition) is 3. The van der Waals surface area contributed by atoms with E-state index in [4.69, 9.17) is 14.6 Å². The maximum absolute atomic E-state index is 11.9. The molecule has 0 aliphatic carbocycles. The Kier molecular flexibility index (Phi) is 5.03. The molecule has 1 saturated heterocycles. The third-order valence-corrected chi connectivity index (χ3v) is 4.05. The highest BCUT2D eigenvalue weighted by Crippen LogP contribution is 2.32. The molecule has 9 nitrogen and oxygen atoms in total. The SMILES string of the molecule is O=C(CN1CCC[C@H]1C(=O)O)NC(=O)Nc1ccc2c(c1)OCCO2. The number of amides is 3. The summed E-state index contributed by atoms with van der Waals surface area (Å²) >= 11 is 0. The molecule has 0 aromatic heterocycles. The van der Waals surface area contributed by atoms with Gasteiger partial charge >= 0.3 is 12.0 Å². The Morgan fingerprint density at radius 1 is 1.20 bits per heavy atom. The highest BCUT2D eigenvalue weighted by atomic mass is 16.6. The Balaban J connectivity index is 1.52. The first-order valence-corrected chi connectivity index (χ1v) is 8.00. The van der Waals surface area contributed by atoms with Crippen LogP contribution in [0.15, 0.2) is 18.2 Å². The van der Waals surface area contributed by atoms with Gasteiger partial charge < -0.3 is 19.9 Å². The minimum Gasteiger partial charge on any atom is -0.486 e. The van der Waals surface area contributed by atoms with Crippen molar-refractivity contribution in [3.05, 3.63) is 18.2 Å². The molecule has 2 aliphatic heterocycles. The number of nitrogens with zero attached hydrogens (tertiary/aromatic N) is 1. The standard InChI is InChI=1S/C16H19N3O6/c20-14(9-19-5-1-2-11(19)15(21)22)18-16(23)17-10-3-4-12-13(8-10)25-7-6-24-12/h3-4,8,11H,1-2,5-7,9H2,(H,21,22)(H2,17,18,20,23)/t11-/m0/s1. The molecule has 25 heavy (non-hydrogen) atoms. The van der Waals surface area contributed by atoms with Gasteiger partial charge in [-0.15, -0.1) is 0 Å². The van der Waals surface area contributed by atoms with Crippen molar-refractivity contribution in [2.45, 2.75) is 18.9 Å². The number of ether oxygens (including phenoxy) is 2. The first kappa shape index (κ1) is 17.0. The lowest BCUT2D eigenvalue weighted by Crippen LogP contribution is -2.45. The fourth-order valence-corrected chi connectivity index (χ4v) is 2.93. The van der Waals surface area contributed by atoms with Gasteiger partial charge in [0.25, 0.3) is 0 Å². The summed E-state index contributed by atoms with van der Waals surface area (Å²) in [5.74, 6) is -0.381. The molecule has 3 amide bonds. The zero-order chi connectivity index (χ0) is 17.8. The zero-order valence-electron chi connectivity index (χ0n) is 13.5. The number of hydrogen-bond acceptors (Lipinski definition) is 6. The van der Waals surface area contributed by atoms with Gasteiger partial charge in [0.1, 0.15) is 19.3 Å². The summed E-state index contributed by atoms with van der Waals surface area (Å²) in [5, 5.41) is 13.8. The van der Waals surface area contributed by atoms with Crippen LogP contribution in [-0.2, 0) is 9.59 Å². The monoisotopic (exact) mass is 349 g/mol. The van der Waals surface area contributed by atoms with E-state index in [0.29, 0.717) is 49.8 Å². The first-order chi connectivity index (χ1) is 12.0. The molecule has 134 valence electrons. The van der Waals surface area contributed by atoms with Gasteiger partial charge in [0.05, 0.1) is 6.54 Å². The van der Waals surface area contributed by atoms with Gasteiger partial charge in [-0.05, 0) is 31.5 Å². The number of benzene rings is 1. The zero-order valence-corrected chi connectivity index (χ0v) is 13.5. The minimum absolute atomic E-state index is 0.133. The second-order valence-electron chi connectivity index (χ2n) is 5.83. The molecular weight excluding hydrogens is 330 g/mol. The fraction of sp³-hybridized carbons (Fsp3) is 0.438. The van der Waals surface area contributed by atoms with Crippen LogP contribution in [0.25, 0.3) is 0 Å². The lowest BCUT2D eigenvalue weighted by molar-refractivity contribution is -0.142. The number of likely N-dealkylation sites (tertiary alicyclic amines) is 1. The number of aliphatic carboxylic acids is 1. The number of fused-ring (bicyclic) bond motifs is 1. The van der Waals surface area contributed by atoms with Crippen LogP contribution in [0.5, 0.6) is 11.5 Å². The maximum atomic E-state index is 11.9. The normalized spacial score (nSPS) is 19.3. The van der Waals surface area contributed by atoms with Gasteiger partial charge in [-0.25, -0.2) is 4.79 Å². The third-order valence-electron chi connectivity index (χ3n) is 4.05. The highest BCUT2D eigenvalue weighted by molar-refractivity contribution is 6.02. The predicted octanol–water partition coefficient (Wildman–Crippen LogP) is 0.655. The van der Waals surface area contributed by atoms with Crippen LogP contribution in [-0.4, -0.2) is 60.3 Å². The largest absolute Gasteiger partial charge is 0.486 e. The Morgan fingerprint density at radius 3 is 2.72 bits per heavy atom. The summed E-state index contributed by atoms with van der Waals surface area (Å²) in [6.07, 6.45) is 1.22. The Morgan fingerprint density at radius 2 is 1.96 bits per heavy atom. The van der Waals surface area contributed by atoms with E-state index in [0.717, 1.165) is 0 Å². The van der Waals surface area contributed by atoms with E-state index >= 15 is 0 Å². The minimum atomic E-state index is -0.953. The summed E-state index contributed by atoms with van der Waals surface area (Å²) in [6, 6.07) is 3.56. The van der Waals surface area contributed by atoms with Crippen LogP contribution in [0.3, 0.4) is 0 Å². The lowest BCUT2D eigenvalue weighted by atomic mass is 10.2. The van der Waals surface area contributed by atoms with Crippen LogP contribution in [0.1, 0.15) is 12.8 Å². The molecule has 0 bridgehead atoms. The molecule has 0 radical (unpaired) electrons. The second kappa shape index (κ2) is 7.39. The van der Waals surface area contributed by atoms with Crippen molar-refractivity contribution in [2.75, 3.05) is 31.6 Å². The molecule has 1 aromatic rings. The van der Waals surface area contributed by atoms with Gasteiger partial charge in [0.2, 0.25) is 5.91 Å². The molecule has 2 aliphatic rings. The van der Waals surface area contributed by atoms with Crippen molar-refractivity contribution in [1.82, 2.24) is 10.2 Å². The number of carboxylic acid groups (broad SMARTS) is 1. The molecular formula is C16H19N3O6. The highest BCUT2D eigenvalue weighted by Gasteiger charge is 2.31. The van der Waals surface area contributed by atoms with Crippen molar-refractivity contribution in [3.63, 3.8) is 0 Å². The molecule has 9 heteroatoms. The molecule has 0 saturated carbocycles. The van der Waals surface area contributed by atoms with Crippen molar-refractivity contribution >= 4 is 23.6 Å². The topological polar surface area (TPSA) is 117 Å². The Labute approximate surface area is 143 Å². The fourth-order valence-electron chi connectivity index (χ4n) is 2.93. The van der Waals surface area contributed by atoms with E-state index in [1.54, 1.807) is 23.1 Å². The molecule has 1 atom stereocenters. The molecule has 0 spiro atoms. The third kappa shape index (κ3) is 4.18. The Hall–Kier alpha value is -2.81. The van der Waals surface area contributed by atoms with Crippen LogP contribution in [0.2, 0.25) is 0 Å². The molecule has 3 N–H and O–H groups in total. The van der Waals surface area contributed by atoms with Crippen LogP contribution in [0.4, 0.5) is 10.5 Å². The second-order valence-corrected chi connectivity index (χ2v) is 5.83. The van der Waals surface area contributed by atoms with Crippen molar-refractivity contribution in [1.29, 1.82) is 0 Å². The Bertz CT molecular complexity index is 692. The van der Waals surface area contributed by atoms with E-state index in [1.807, 2.05) is 0 Å². The van der Waals surface area contributed by atoms with Gasteiger partial charge in [-0.1, -0.05) is 0 Å². The average Bonchev–Trinajstić information content (AvgIpc) is 3.02. The number of urea groups is 1. The van der Waals surface area contributed by atoms with Crippen LogP contribution in [0, 0.1) is 0 Å². The van der Waals surface area contributed by atoms with Crippen molar-refractivity contribution < 1.29 is 29.0 Å². The predicted molar refractivity (Wildman–Crippen MR) is 86.8 cm³/mol. The van der Waals surface area contributed by atoms with E-state index in [9.17, 15) is 14.4 Å². The number of nitrogens with one attached hydrogen (secondary N) is 2. The molecule has 1 aromatic carbocycles. The van der Waals surface area contributed by atoms with E-state index in [2.05, 4.69) is 10.6 Å². The molecule has 1 fully saturated rings. The van der Waals surface area contributed by atoms with Crippen LogP contribution >= 0.6 is 0 Å². The molecule has 2 heterocycles. The number of anilines is 1. The summed E-state index contributed by atoms with van der Waals surface area (Å²) in [4.78, 5) is 36.5. The summed E-state index contributed by atoms with van der Waals surface area (Å²) in [6.45, 7) is 1.30. The number of rotatable bonds is 4. The number of imide groups is 1. The van der Waals surface area contributed by atoms with Crippen molar-refractivity contribution in [2.24, 2.45) is 0 Å². The van der Waals surface area contributed by atoms with Gasteiger partial charge in [-0.3, -0.25) is 19.8 Å². The lowest BCUT2D eigenvalue weighted by Gasteiger charge is -2.20. The molecule has 3 rings (SSSR count). The maximum Gasteiger partial charge on any atom is 0.325 e. The number of carboxylic acids is 1. The van der Waals surface area contributed by atoms with Crippen LogP contribution < -0.4 is 20.1 Å². The number of carbonyl (C=O) groups excluding carboxylic acids is 2. The average molecular weight is 349 g/mol. The van der Waals surface area contributed by atoms with Crippen molar-refractivity contribution in [3.8, 4) is 11.5 Å². The van der Waals surface area contributed by atoms with Gasteiger partial charge in [0, 0.05) is 11.8 Å². The smallest absolute Gasteiger partial charge is 0.325 e. The summed E-state index contributed by atoms with van der Waals surface area (Å²) < 4.78 is 10.8. The van der Waals surface area contributed by atoms with Gasteiger partial charge in [0.15, 0.2) is 11.5 Å². The van der Waals surface area contributed by atoms with E-state index < -0.39 is 23.9 Å². The van der Waals surface area contributed by atoms with Gasteiger partial charge in [-0.2, -0.15) is 0 Å².